The fourth-order valence-electron chi connectivity index (χ4n) is 3.03. The maximum Gasteiger partial charge on any atom is 0.230 e. The lowest BCUT2D eigenvalue weighted by Crippen LogP contribution is -2.39. The molecule has 0 N–H and O–H groups in total. The molecule has 0 fully saturated rings. The van der Waals surface area contributed by atoms with Gasteiger partial charge in [-0.15, -0.1) is 0 Å². The molecule has 0 saturated carbocycles. The number of allylic oxidation sites excluding steroid dienone is 6. The molecule has 0 spiro atoms. The molecule has 6 heteroatoms. The van der Waals surface area contributed by atoms with E-state index in [-0.39, 0.29) is 30.5 Å². The van der Waals surface area contributed by atoms with Crippen LogP contribution in [0.25, 0.3) is 5.57 Å². The highest BCUT2D eigenvalue weighted by Gasteiger charge is 2.35. The van der Waals surface area contributed by atoms with Crippen LogP contribution in [0.3, 0.4) is 0 Å². The van der Waals surface area contributed by atoms with Crippen LogP contribution in [0.2, 0.25) is 5.02 Å². The van der Waals surface area contributed by atoms with Gasteiger partial charge in [-0.2, -0.15) is 0 Å². The number of hydrogen-bond acceptors (Lipinski definition) is 2. The Balaban J connectivity index is 2.81. The Morgan fingerprint density at radius 2 is 2.15 bits per heavy atom. The average Bonchev–Trinajstić information content (AvgIpc) is 2.67. The first-order chi connectivity index (χ1) is 12.8. The molecule has 0 bridgehead atoms. The van der Waals surface area contributed by atoms with E-state index in [0.717, 1.165) is 6.08 Å². The predicted molar refractivity (Wildman–Crippen MR) is 105 cm³/mol. The maximum absolute atomic E-state index is 15.1. The molecule has 3 nitrogen and oxygen atoms in total. The second-order valence-corrected chi connectivity index (χ2v) is 6.52. The molecule has 1 aromatic carbocycles. The van der Waals surface area contributed by atoms with Crippen molar-refractivity contribution >= 4 is 23.1 Å². The fraction of sp³-hybridized carbons (Fsp3) is 0.286. The molecule has 0 aliphatic carbocycles. The number of benzene rings is 1. The minimum atomic E-state index is -1.11. The highest BCUT2D eigenvalue weighted by molar-refractivity contribution is 6.32. The predicted octanol–water partition coefficient (Wildman–Crippen LogP) is 5.84. The number of amides is 1. The van der Waals surface area contributed by atoms with E-state index in [1.54, 1.807) is 32.0 Å². The van der Waals surface area contributed by atoms with Gasteiger partial charge in [-0.3, -0.25) is 4.79 Å². The van der Waals surface area contributed by atoms with Gasteiger partial charge in [0.15, 0.2) is 11.7 Å². The minimum Gasteiger partial charge on any atom is -0.497 e. The van der Waals surface area contributed by atoms with Crippen LogP contribution in [0.15, 0.2) is 60.4 Å². The van der Waals surface area contributed by atoms with Crippen molar-refractivity contribution < 1.29 is 18.3 Å². The highest BCUT2D eigenvalue weighted by Crippen LogP contribution is 2.42. The van der Waals surface area contributed by atoms with E-state index >= 15 is 4.39 Å². The van der Waals surface area contributed by atoms with Crippen molar-refractivity contribution in [1.29, 1.82) is 0 Å². The van der Waals surface area contributed by atoms with E-state index in [1.165, 1.54) is 24.2 Å². The molecule has 1 heterocycles. The van der Waals surface area contributed by atoms with Crippen LogP contribution >= 0.6 is 11.6 Å². The van der Waals surface area contributed by atoms with E-state index < -0.39 is 11.7 Å². The molecule has 27 heavy (non-hydrogen) atoms. The summed E-state index contributed by atoms with van der Waals surface area (Å²) in [6.07, 6.45) is 3.84. The van der Waals surface area contributed by atoms with E-state index in [4.69, 9.17) is 16.3 Å². The molecule has 0 aromatic heterocycles. The summed E-state index contributed by atoms with van der Waals surface area (Å²) in [5, 5.41) is 0.371. The minimum absolute atomic E-state index is 0.0954. The molecule has 0 radical (unpaired) electrons. The van der Waals surface area contributed by atoms with Crippen LogP contribution in [0.5, 0.6) is 5.75 Å². The van der Waals surface area contributed by atoms with Gasteiger partial charge in [0.1, 0.15) is 5.75 Å². The summed E-state index contributed by atoms with van der Waals surface area (Å²) < 4.78 is 34.7. The van der Waals surface area contributed by atoms with E-state index in [2.05, 4.69) is 6.58 Å². The Bertz CT molecular complexity index is 843. The topological polar surface area (TPSA) is 29.5 Å². The molecular weight excluding hydrogens is 372 g/mol. The van der Waals surface area contributed by atoms with Crippen LogP contribution < -0.4 is 4.74 Å². The summed E-state index contributed by atoms with van der Waals surface area (Å²) >= 11 is 6.34. The first-order valence-corrected chi connectivity index (χ1v) is 8.96. The Morgan fingerprint density at radius 1 is 1.44 bits per heavy atom. The summed E-state index contributed by atoms with van der Waals surface area (Å²) in [5.74, 6) is -2.30. The zero-order chi connectivity index (χ0) is 20.1. The highest BCUT2D eigenvalue weighted by atomic mass is 35.5. The molecule has 1 aliphatic heterocycles. The number of ether oxygens (including phenoxy) is 1. The number of rotatable bonds is 6. The quantitative estimate of drug-likeness (QED) is 0.568. The first kappa shape index (κ1) is 20.9. The molecule has 1 atom stereocenters. The van der Waals surface area contributed by atoms with Crippen molar-refractivity contribution in [3.05, 3.63) is 70.9 Å². The summed E-state index contributed by atoms with van der Waals surface area (Å²) in [4.78, 5) is 13.8. The number of methoxy groups -OCH3 is 1. The number of likely N-dealkylation sites (N-methyl/N-ethyl adjacent to an activating group) is 1. The number of hydrogen-bond donors (Lipinski definition) is 0. The van der Waals surface area contributed by atoms with Gasteiger partial charge in [0.2, 0.25) is 5.91 Å². The third-order valence-corrected chi connectivity index (χ3v) is 4.69. The van der Waals surface area contributed by atoms with Crippen LogP contribution in [0.4, 0.5) is 8.78 Å². The second-order valence-electron chi connectivity index (χ2n) is 6.12. The van der Waals surface area contributed by atoms with Crippen LogP contribution in [-0.2, 0) is 4.79 Å². The summed E-state index contributed by atoms with van der Waals surface area (Å²) in [6.45, 7) is 7.12. The molecule has 1 amide bonds. The summed E-state index contributed by atoms with van der Waals surface area (Å²) in [7, 11) is 1.51. The standard InChI is InChI=1S/C21H22ClF2NO2/c1-5-7-8-18(23)19(24)20-16(11-13(3)21(26)25(20)6-2)15-12-14(27-4)9-10-17(15)22/h5,7-10,12-13H,1,6,11H2,2-4H3/b8-7-,19-18+/t13-/m0/s1. The van der Waals surface area contributed by atoms with E-state index in [1.807, 2.05) is 0 Å². The SMILES string of the molecule is C=C/C=C\C(F)=C(/F)C1=C(c2cc(OC)ccc2Cl)C[C@H](C)C(=O)N1CC. The molecule has 0 unspecified atom stereocenters. The first-order valence-electron chi connectivity index (χ1n) is 8.58. The molecule has 1 aliphatic rings. The van der Waals surface area contributed by atoms with E-state index in [9.17, 15) is 9.18 Å². The summed E-state index contributed by atoms with van der Waals surface area (Å²) in [5.41, 5.74) is 0.883. The Kier molecular flexibility index (Phi) is 6.97. The molecule has 0 saturated heterocycles. The van der Waals surface area contributed by atoms with Crippen LogP contribution in [0, 0.1) is 5.92 Å². The van der Waals surface area contributed by atoms with Crippen molar-refractivity contribution in [3.63, 3.8) is 0 Å². The van der Waals surface area contributed by atoms with Crippen molar-refractivity contribution in [2.45, 2.75) is 20.3 Å². The second kappa shape index (κ2) is 9.00. The van der Waals surface area contributed by atoms with Gasteiger partial charge in [0.05, 0.1) is 12.8 Å². The van der Waals surface area contributed by atoms with Gasteiger partial charge >= 0.3 is 0 Å². The van der Waals surface area contributed by atoms with Crippen molar-refractivity contribution in [1.82, 2.24) is 4.90 Å². The Morgan fingerprint density at radius 3 is 2.74 bits per heavy atom. The lowest BCUT2D eigenvalue weighted by atomic mass is 9.87. The number of carbonyl (C=O) groups excluding carboxylic acids is 1. The smallest absolute Gasteiger partial charge is 0.230 e. The van der Waals surface area contributed by atoms with Crippen LogP contribution in [0.1, 0.15) is 25.8 Å². The fourth-order valence-corrected chi connectivity index (χ4v) is 3.26. The van der Waals surface area contributed by atoms with E-state index in [0.29, 0.717) is 21.9 Å². The summed E-state index contributed by atoms with van der Waals surface area (Å²) in [6, 6.07) is 4.98. The Hall–Kier alpha value is -2.40. The van der Waals surface area contributed by atoms with Gasteiger partial charge in [-0.05, 0) is 43.2 Å². The Labute approximate surface area is 163 Å². The average molecular weight is 394 g/mol. The van der Waals surface area contributed by atoms with Crippen LogP contribution in [-0.4, -0.2) is 24.5 Å². The van der Waals surface area contributed by atoms with Crippen molar-refractivity contribution in [2.24, 2.45) is 5.92 Å². The van der Waals surface area contributed by atoms with Crippen molar-refractivity contribution in [2.75, 3.05) is 13.7 Å². The molecule has 2 rings (SSSR count). The van der Waals surface area contributed by atoms with Gasteiger partial charge in [0.25, 0.3) is 0 Å². The zero-order valence-corrected chi connectivity index (χ0v) is 16.3. The van der Waals surface area contributed by atoms with Gasteiger partial charge in [-0.25, -0.2) is 8.78 Å². The zero-order valence-electron chi connectivity index (χ0n) is 15.6. The lowest BCUT2D eigenvalue weighted by molar-refractivity contribution is -0.133. The molecule has 144 valence electrons. The molecular formula is C21H22ClF2NO2. The number of nitrogens with zero attached hydrogens (tertiary/aromatic N) is 1. The monoisotopic (exact) mass is 393 g/mol. The lowest BCUT2D eigenvalue weighted by Gasteiger charge is -2.34. The normalized spacial score (nSPS) is 18.8. The maximum atomic E-state index is 15.1. The van der Waals surface area contributed by atoms with Gasteiger partial charge < -0.3 is 9.64 Å². The molecule has 1 aromatic rings. The van der Waals surface area contributed by atoms with Gasteiger partial charge in [-0.1, -0.05) is 37.3 Å². The number of carbonyl (C=O) groups is 1. The van der Waals surface area contributed by atoms with Crippen molar-refractivity contribution in [3.8, 4) is 5.75 Å². The number of halogens is 3. The van der Waals surface area contributed by atoms with Gasteiger partial charge in [0, 0.05) is 23.0 Å². The third-order valence-electron chi connectivity index (χ3n) is 4.36. The third kappa shape index (κ3) is 4.30. The largest absolute Gasteiger partial charge is 0.497 e.